The molecule has 2 aliphatic heterocycles. The zero-order valence-electron chi connectivity index (χ0n) is 18.7. The second-order valence-corrected chi connectivity index (χ2v) is 9.98. The molecule has 0 bridgehead atoms. The Balaban J connectivity index is 1.99. The van der Waals surface area contributed by atoms with E-state index in [-0.39, 0.29) is 11.6 Å². The lowest BCUT2D eigenvalue weighted by molar-refractivity contribution is 0.00875. The molecule has 0 aliphatic carbocycles. The summed E-state index contributed by atoms with van der Waals surface area (Å²) in [7, 11) is 0. The van der Waals surface area contributed by atoms with Gasteiger partial charge in [-0.1, -0.05) is 27.2 Å². The van der Waals surface area contributed by atoms with Gasteiger partial charge in [-0.3, -0.25) is 4.90 Å². The van der Waals surface area contributed by atoms with E-state index in [2.05, 4.69) is 30.6 Å². The number of hydrogen-bond acceptors (Lipinski definition) is 4. The number of carbonyl (C=O) groups is 1. The maximum absolute atomic E-state index is 12.5. The summed E-state index contributed by atoms with van der Waals surface area (Å²) in [6.45, 7) is 20.3. The van der Waals surface area contributed by atoms with Crippen LogP contribution >= 0.6 is 0 Å². The first kappa shape index (κ1) is 22.5. The zero-order chi connectivity index (χ0) is 20.1. The number of piperazine rings is 1. The standard InChI is InChI=1S/C22H43N3O2/c1-7-9-22(25-16-14-23(15-17-25)18-19(2)3)10-8-12-24(13-11-22)20(26)27-21(4,5)6/h19H,7-18H2,1-6H3. The molecule has 158 valence electrons. The van der Waals surface area contributed by atoms with Crippen molar-refractivity contribution in [3.63, 3.8) is 0 Å². The number of ether oxygens (including phenoxy) is 1. The van der Waals surface area contributed by atoms with Crippen LogP contribution in [0.1, 0.15) is 73.6 Å². The summed E-state index contributed by atoms with van der Waals surface area (Å²) < 4.78 is 5.62. The smallest absolute Gasteiger partial charge is 0.410 e. The number of nitrogens with zero attached hydrogens (tertiary/aromatic N) is 3. The molecule has 0 aromatic heterocycles. The van der Waals surface area contributed by atoms with Crippen molar-refractivity contribution in [1.29, 1.82) is 0 Å². The largest absolute Gasteiger partial charge is 0.444 e. The molecule has 0 saturated carbocycles. The van der Waals surface area contributed by atoms with E-state index in [4.69, 9.17) is 4.74 Å². The average molecular weight is 382 g/mol. The van der Waals surface area contributed by atoms with Crippen LogP contribution in [0.4, 0.5) is 4.79 Å². The van der Waals surface area contributed by atoms with Crippen LogP contribution in [-0.4, -0.2) is 77.7 Å². The Morgan fingerprint density at radius 2 is 1.70 bits per heavy atom. The highest BCUT2D eigenvalue weighted by atomic mass is 16.6. The molecule has 27 heavy (non-hydrogen) atoms. The topological polar surface area (TPSA) is 36.0 Å². The van der Waals surface area contributed by atoms with Crippen LogP contribution in [0.2, 0.25) is 0 Å². The first-order chi connectivity index (χ1) is 12.6. The fraction of sp³-hybridized carbons (Fsp3) is 0.955. The van der Waals surface area contributed by atoms with Gasteiger partial charge in [0.2, 0.25) is 0 Å². The van der Waals surface area contributed by atoms with E-state index in [1.807, 2.05) is 25.7 Å². The quantitative estimate of drug-likeness (QED) is 0.714. The van der Waals surface area contributed by atoms with Crippen molar-refractivity contribution in [3.8, 4) is 0 Å². The molecular formula is C22H43N3O2. The molecule has 0 spiro atoms. The molecule has 2 fully saturated rings. The molecule has 1 unspecified atom stereocenters. The van der Waals surface area contributed by atoms with E-state index < -0.39 is 5.60 Å². The monoisotopic (exact) mass is 381 g/mol. The van der Waals surface area contributed by atoms with Crippen LogP contribution in [-0.2, 0) is 4.74 Å². The molecular weight excluding hydrogens is 338 g/mol. The highest BCUT2D eigenvalue weighted by Gasteiger charge is 2.39. The maximum Gasteiger partial charge on any atom is 0.410 e. The van der Waals surface area contributed by atoms with E-state index in [0.29, 0.717) is 0 Å². The fourth-order valence-electron chi connectivity index (χ4n) is 4.80. The Bertz CT molecular complexity index is 467. The van der Waals surface area contributed by atoms with Crippen molar-refractivity contribution in [3.05, 3.63) is 0 Å². The molecule has 2 saturated heterocycles. The van der Waals surface area contributed by atoms with Crippen molar-refractivity contribution >= 4 is 6.09 Å². The fourth-order valence-corrected chi connectivity index (χ4v) is 4.80. The average Bonchev–Trinajstić information content (AvgIpc) is 2.77. The molecule has 2 rings (SSSR count). The van der Waals surface area contributed by atoms with E-state index in [1.54, 1.807) is 0 Å². The van der Waals surface area contributed by atoms with E-state index in [9.17, 15) is 4.79 Å². The summed E-state index contributed by atoms with van der Waals surface area (Å²) in [6.07, 6.45) is 5.65. The summed E-state index contributed by atoms with van der Waals surface area (Å²) >= 11 is 0. The summed E-state index contributed by atoms with van der Waals surface area (Å²) in [5.41, 5.74) is -0.161. The molecule has 0 N–H and O–H groups in total. The minimum atomic E-state index is -0.420. The first-order valence-corrected chi connectivity index (χ1v) is 11.1. The SMILES string of the molecule is CCCC1(N2CCN(CC(C)C)CC2)CCCN(C(=O)OC(C)(C)C)CC1. The Hall–Kier alpha value is -0.810. The Morgan fingerprint density at radius 3 is 2.26 bits per heavy atom. The van der Waals surface area contributed by atoms with Crippen LogP contribution in [0.5, 0.6) is 0 Å². The third-order valence-electron chi connectivity index (χ3n) is 5.95. The van der Waals surface area contributed by atoms with Gasteiger partial charge in [0.25, 0.3) is 0 Å². The number of amides is 1. The molecule has 1 atom stereocenters. The summed E-state index contributed by atoms with van der Waals surface area (Å²) in [5.74, 6) is 0.737. The molecule has 0 radical (unpaired) electrons. The highest BCUT2D eigenvalue weighted by Crippen LogP contribution is 2.34. The van der Waals surface area contributed by atoms with Crippen molar-refractivity contribution in [2.45, 2.75) is 84.8 Å². The van der Waals surface area contributed by atoms with Crippen molar-refractivity contribution < 1.29 is 9.53 Å². The van der Waals surface area contributed by atoms with Gasteiger partial charge < -0.3 is 14.5 Å². The number of hydrogen-bond donors (Lipinski definition) is 0. The third-order valence-corrected chi connectivity index (χ3v) is 5.95. The van der Waals surface area contributed by atoms with Gasteiger partial charge in [0, 0.05) is 51.4 Å². The lowest BCUT2D eigenvalue weighted by Gasteiger charge is -2.48. The maximum atomic E-state index is 12.5. The van der Waals surface area contributed by atoms with Crippen molar-refractivity contribution in [2.24, 2.45) is 5.92 Å². The van der Waals surface area contributed by atoms with Crippen LogP contribution in [0, 0.1) is 5.92 Å². The molecule has 5 heteroatoms. The van der Waals surface area contributed by atoms with Crippen LogP contribution in [0.3, 0.4) is 0 Å². The van der Waals surface area contributed by atoms with Crippen molar-refractivity contribution in [2.75, 3.05) is 45.8 Å². The predicted molar refractivity (Wildman–Crippen MR) is 112 cm³/mol. The zero-order valence-corrected chi connectivity index (χ0v) is 18.7. The van der Waals surface area contributed by atoms with Gasteiger partial charge in [0.1, 0.15) is 5.60 Å². The number of rotatable bonds is 5. The van der Waals surface area contributed by atoms with Gasteiger partial charge in [-0.25, -0.2) is 4.79 Å². The summed E-state index contributed by atoms with van der Waals surface area (Å²) in [5, 5.41) is 0. The predicted octanol–water partition coefficient (Wildman–Crippen LogP) is 4.22. The normalized spacial score (nSPS) is 26.3. The summed E-state index contributed by atoms with van der Waals surface area (Å²) in [6, 6.07) is 0. The van der Waals surface area contributed by atoms with Gasteiger partial charge in [0.15, 0.2) is 0 Å². The number of likely N-dealkylation sites (tertiary alicyclic amines) is 1. The van der Waals surface area contributed by atoms with Gasteiger partial charge in [-0.15, -0.1) is 0 Å². The Kier molecular flexibility index (Phi) is 7.99. The molecule has 2 heterocycles. The molecule has 0 aromatic carbocycles. The van der Waals surface area contributed by atoms with Gasteiger partial charge in [-0.05, 0) is 52.4 Å². The lowest BCUT2D eigenvalue weighted by Crippen LogP contribution is -2.57. The van der Waals surface area contributed by atoms with E-state index in [1.165, 1.54) is 52.0 Å². The van der Waals surface area contributed by atoms with E-state index in [0.717, 1.165) is 31.8 Å². The number of carbonyl (C=O) groups excluding carboxylic acids is 1. The van der Waals surface area contributed by atoms with Gasteiger partial charge in [0.05, 0.1) is 0 Å². The first-order valence-electron chi connectivity index (χ1n) is 11.1. The van der Waals surface area contributed by atoms with Crippen LogP contribution < -0.4 is 0 Å². The molecule has 5 nitrogen and oxygen atoms in total. The third kappa shape index (κ3) is 6.63. The highest BCUT2D eigenvalue weighted by molar-refractivity contribution is 5.68. The second-order valence-electron chi connectivity index (χ2n) is 9.98. The minimum Gasteiger partial charge on any atom is -0.444 e. The van der Waals surface area contributed by atoms with Crippen LogP contribution in [0.15, 0.2) is 0 Å². The molecule has 2 aliphatic rings. The molecule has 0 aromatic rings. The van der Waals surface area contributed by atoms with Crippen molar-refractivity contribution in [1.82, 2.24) is 14.7 Å². The minimum absolute atomic E-state index is 0.142. The Labute approximate surface area is 167 Å². The van der Waals surface area contributed by atoms with Crippen LogP contribution in [0.25, 0.3) is 0 Å². The second kappa shape index (κ2) is 9.60. The molecule has 1 amide bonds. The van der Waals surface area contributed by atoms with Gasteiger partial charge in [-0.2, -0.15) is 0 Å². The van der Waals surface area contributed by atoms with Gasteiger partial charge >= 0.3 is 6.09 Å². The summed E-state index contributed by atoms with van der Waals surface area (Å²) in [4.78, 5) is 19.9. The Morgan fingerprint density at radius 1 is 1.04 bits per heavy atom. The van der Waals surface area contributed by atoms with E-state index >= 15 is 0 Å². The lowest BCUT2D eigenvalue weighted by atomic mass is 9.83.